The van der Waals surface area contributed by atoms with Crippen molar-refractivity contribution in [1.82, 2.24) is 9.97 Å². The Kier molecular flexibility index (Phi) is 7.49. The van der Waals surface area contributed by atoms with Crippen molar-refractivity contribution in [2.24, 2.45) is 0 Å². The molecule has 4 aromatic carbocycles. The average molecular weight is 508 g/mol. The number of aromatic nitrogens is 2. The molecule has 2 heterocycles. The van der Waals surface area contributed by atoms with Gasteiger partial charge in [-0.05, 0) is 58.7 Å². The first-order valence-corrected chi connectivity index (χ1v) is 11.0. The summed E-state index contributed by atoms with van der Waals surface area (Å²) in [7, 11) is 0. The Hall–Kier alpha value is -4.08. The van der Waals surface area contributed by atoms with Gasteiger partial charge in [0.25, 0.3) is 0 Å². The van der Waals surface area contributed by atoms with E-state index in [4.69, 9.17) is 0 Å². The van der Waals surface area contributed by atoms with E-state index in [1.54, 1.807) is 24.5 Å². The molecule has 0 radical (unpaired) electrons. The van der Waals surface area contributed by atoms with Crippen LogP contribution < -0.4 is 0 Å². The summed E-state index contributed by atoms with van der Waals surface area (Å²) in [4.78, 5) is 8.43. The minimum Gasteiger partial charge on any atom is -0.506 e. The second kappa shape index (κ2) is 10.9. The molecule has 0 amide bonds. The van der Waals surface area contributed by atoms with Crippen molar-refractivity contribution < 1.29 is 29.7 Å². The predicted octanol–water partition coefficient (Wildman–Crippen LogP) is 7.21. The molecular formula is C30H22N2O2Zn. The van der Waals surface area contributed by atoms with Crippen LogP contribution in [0.4, 0.5) is 0 Å². The van der Waals surface area contributed by atoms with Gasteiger partial charge in [0.05, 0.1) is 0 Å². The molecule has 2 N–H and O–H groups in total. The van der Waals surface area contributed by atoms with E-state index in [-0.39, 0.29) is 31.0 Å². The number of fused-ring (bicyclic) bond motifs is 2. The summed E-state index contributed by atoms with van der Waals surface area (Å²) in [6.45, 7) is 0. The maximum absolute atomic E-state index is 9.78. The fourth-order valence-electron chi connectivity index (χ4n) is 4.05. The molecule has 6 aromatic rings. The quantitative estimate of drug-likeness (QED) is 0.243. The van der Waals surface area contributed by atoms with Crippen LogP contribution in [0.5, 0.6) is 11.5 Å². The molecule has 0 saturated heterocycles. The Morgan fingerprint density at radius 1 is 0.429 bits per heavy atom. The van der Waals surface area contributed by atoms with Crippen LogP contribution in [0, 0.1) is 0 Å². The fraction of sp³-hybridized carbons (Fsp3) is 0. The van der Waals surface area contributed by atoms with Crippen LogP contribution in [-0.4, -0.2) is 20.2 Å². The van der Waals surface area contributed by atoms with Crippen LogP contribution in [0.25, 0.3) is 44.1 Å². The first kappa shape index (κ1) is 24.1. The molecule has 0 atom stereocenters. The molecule has 0 aliphatic rings. The Morgan fingerprint density at radius 3 is 1.23 bits per heavy atom. The third kappa shape index (κ3) is 5.06. The molecule has 0 fully saturated rings. The molecule has 166 valence electrons. The Labute approximate surface area is 216 Å². The number of aromatic hydroxyl groups is 2. The standard InChI is InChI=1S/2C15H11NO.Zn/c2*17-14-9-8-12(11-5-2-1-3-6-11)13-7-4-10-16-15(13)14;/h2*1-10,17H;. The van der Waals surface area contributed by atoms with Gasteiger partial charge < -0.3 is 10.2 Å². The number of hydrogen-bond donors (Lipinski definition) is 2. The normalized spacial score (nSPS) is 10.3. The molecule has 35 heavy (non-hydrogen) atoms. The van der Waals surface area contributed by atoms with Crippen LogP contribution in [0.15, 0.2) is 122 Å². The van der Waals surface area contributed by atoms with Crippen LogP contribution >= 0.6 is 0 Å². The summed E-state index contributed by atoms with van der Waals surface area (Å²) >= 11 is 0. The van der Waals surface area contributed by atoms with E-state index in [1.807, 2.05) is 72.8 Å². The zero-order chi connectivity index (χ0) is 23.3. The van der Waals surface area contributed by atoms with Crippen LogP contribution in [0.1, 0.15) is 0 Å². The second-order valence-corrected chi connectivity index (χ2v) is 7.80. The summed E-state index contributed by atoms with van der Waals surface area (Å²) in [6.07, 6.45) is 3.38. The predicted molar refractivity (Wildman–Crippen MR) is 138 cm³/mol. The van der Waals surface area contributed by atoms with Gasteiger partial charge in [0, 0.05) is 42.6 Å². The van der Waals surface area contributed by atoms with Gasteiger partial charge in [0.15, 0.2) is 0 Å². The van der Waals surface area contributed by atoms with E-state index in [2.05, 4.69) is 34.2 Å². The van der Waals surface area contributed by atoms with Crippen LogP contribution in [-0.2, 0) is 19.5 Å². The van der Waals surface area contributed by atoms with Crippen LogP contribution in [0.3, 0.4) is 0 Å². The summed E-state index contributed by atoms with van der Waals surface area (Å²) < 4.78 is 0. The SMILES string of the molecule is Oc1ccc(-c2ccccc2)c2cccnc12.Oc1ccc(-c2ccccc2)c2cccnc12.[Zn]. The van der Waals surface area contributed by atoms with Crippen LogP contribution in [0.2, 0.25) is 0 Å². The number of hydrogen-bond acceptors (Lipinski definition) is 4. The second-order valence-electron chi connectivity index (χ2n) is 7.80. The third-order valence-corrected chi connectivity index (χ3v) is 5.67. The Morgan fingerprint density at radius 2 is 0.829 bits per heavy atom. The molecule has 0 spiro atoms. The smallest absolute Gasteiger partial charge is 0.141 e. The van der Waals surface area contributed by atoms with Gasteiger partial charge in [0.1, 0.15) is 22.5 Å². The summed E-state index contributed by atoms with van der Waals surface area (Å²) in [5.74, 6) is 0.445. The van der Waals surface area contributed by atoms with Gasteiger partial charge in [-0.2, -0.15) is 0 Å². The van der Waals surface area contributed by atoms with Crippen molar-refractivity contribution in [2.45, 2.75) is 0 Å². The first-order chi connectivity index (χ1) is 16.7. The molecule has 0 aliphatic carbocycles. The van der Waals surface area contributed by atoms with E-state index >= 15 is 0 Å². The maximum Gasteiger partial charge on any atom is 0.141 e. The monoisotopic (exact) mass is 506 g/mol. The first-order valence-electron chi connectivity index (χ1n) is 11.0. The van der Waals surface area contributed by atoms with E-state index in [1.165, 1.54) is 0 Å². The summed E-state index contributed by atoms with van der Waals surface area (Å²) in [5.41, 5.74) is 5.73. The summed E-state index contributed by atoms with van der Waals surface area (Å²) in [5, 5.41) is 21.5. The van der Waals surface area contributed by atoms with E-state index < -0.39 is 0 Å². The molecule has 4 nitrogen and oxygen atoms in total. The van der Waals surface area contributed by atoms with E-state index in [9.17, 15) is 10.2 Å². The molecule has 0 saturated carbocycles. The molecular weight excluding hydrogens is 486 g/mol. The number of benzene rings is 4. The number of rotatable bonds is 2. The van der Waals surface area contributed by atoms with Crippen molar-refractivity contribution in [3.8, 4) is 33.8 Å². The molecule has 2 aromatic heterocycles. The van der Waals surface area contributed by atoms with Gasteiger partial charge in [-0.1, -0.05) is 72.8 Å². The summed E-state index contributed by atoms with van der Waals surface area (Å²) in [6, 6.07) is 35.2. The maximum atomic E-state index is 9.78. The zero-order valence-corrected chi connectivity index (χ0v) is 22.0. The third-order valence-electron chi connectivity index (χ3n) is 5.67. The van der Waals surface area contributed by atoms with Gasteiger partial charge in [-0.15, -0.1) is 0 Å². The van der Waals surface area contributed by atoms with Crippen molar-refractivity contribution in [1.29, 1.82) is 0 Å². The van der Waals surface area contributed by atoms with Gasteiger partial charge in [-0.3, -0.25) is 9.97 Å². The Balaban J connectivity index is 0.000000160. The molecule has 5 heteroatoms. The molecule has 0 unspecified atom stereocenters. The van der Waals surface area contributed by atoms with Gasteiger partial charge in [0.2, 0.25) is 0 Å². The molecule has 0 bridgehead atoms. The number of phenolic OH excluding ortho intramolecular Hbond substituents is 2. The van der Waals surface area contributed by atoms with E-state index in [0.29, 0.717) is 11.0 Å². The van der Waals surface area contributed by atoms with Crippen molar-refractivity contribution >= 4 is 21.8 Å². The number of phenols is 2. The topological polar surface area (TPSA) is 66.2 Å². The Bertz CT molecular complexity index is 1450. The van der Waals surface area contributed by atoms with E-state index in [0.717, 1.165) is 33.0 Å². The minimum atomic E-state index is 0. The van der Waals surface area contributed by atoms with Crippen molar-refractivity contribution in [3.05, 3.63) is 122 Å². The van der Waals surface area contributed by atoms with Crippen molar-refractivity contribution in [3.63, 3.8) is 0 Å². The minimum absolute atomic E-state index is 0. The van der Waals surface area contributed by atoms with Crippen molar-refractivity contribution in [2.75, 3.05) is 0 Å². The number of nitrogens with zero attached hydrogens (tertiary/aromatic N) is 2. The van der Waals surface area contributed by atoms with Gasteiger partial charge >= 0.3 is 0 Å². The molecule has 0 aliphatic heterocycles. The molecule has 6 rings (SSSR count). The van der Waals surface area contributed by atoms with Gasteiger partial charge in [-0.25, -0.2) is 0 Å². The number of pyridine rings is 2. The largest absolute Gasteiger partial charge is 0.506 e. The zero-order valence-electron chi connectivity index (χ0n) is 19.0. The fourth-order valence-corrected chi connectivity index (χ4v) is 4.05. The average Bonchev–Trinajstić information content (AvgIpc) is 2.91.